The maximum atomic E-state index is 12.3. The molecule has 2 aromatic heterocycles. The summed E-state index contributed by atoms with van der Waals surface area (Å²) < 4.78 is 35.6. The number of rotatable bonds is 12. The highest BCUT2D eigenvalue weighted by molar-refractivity contribution is 9.10. The fourth-order valence-electron chi connectivity index (χ4n) is 2.28. The fraction of sp³-hybridized carbons (Fsp3) is 0.688. The van der Waals surface area contributed by atoms with Crippen LogP contribution in [0.4, 0.5) is 5.82 Å². The number of nitrogen functional groups attached to an aromatic ring is 1. The van der Waals surface area contributed by atoms with Crippen molar-refractivity contribution in [3.63, 3.8) is 0 Å². The van der Waals surface area contributed by atoms with Crippen LogP contribution in [0.5, 0.6) is 6.01 Å². The molecule has 2 aromatic rings. The molecular weight excluding hydrogens is 469 g/mol. The van der Waals surface area contributed by atoms with E-state index in [1.807, 2.05) is 6.92 Å². The van der Waals surface area contributed by atoms with Crippen LogP contribution < -0.4 is 10.5 Å². The first-order valence-electron chi connectivity index (χ1n) is 9.13. The Kier molecular flexibility index (Phi) is 8.80. The van der Waals surface area contributed by atoms with E-state index in [0.717, 1.165) is 0 Å². The molecule has 0 spiro atoms. The van der Waals surface area contributed by atoms with Gasteiger partial charge in [0.05, 0.1) is 25.9 Å². The lowest BCUT2D eigenvalue weighted by Gasteiger charge is -2.22. The molecule has 0 bridgehead atoms. The molecule has 0 aromatic carbocycles. The van der Waals surface area contributed by atoms with Gasteiger partial charge in [-0.2, -0.15) is 9.97 Å². The Balaban J connectivity index is 2.09. The Bertz CT molecular complexity index is 866. The number of halogens is 1. The van der Waals surface area contributed by atoms with Gasteiger partial charge < -0.3 is 33.9 Å². The van der Waals surface area contributed by atoms with Crippen LogP contribution in [0.3, 0.4) is 0 Å². The molecule has 0 saturated heterocycles. The number of ether oxygens (including phenoxy) is 3. The first kappa shape index (κ1) is 24.0. The summed E-state index contributed by atoms with van der Waals surface area (Å²) in [6.07, 6.45) is 0.293. The predicted octanol–water partition coefficient (Wildman–Crippen LogP) is 2.56. The molecule has 0 amide bonds. The van der Waals surface area contributed by atoms with Crippen molar-refractivity contribution in [1.82, 2.24) is 19.5 Å². The minimum absolute atomic E-state index is 0.108. The predicted molar refractivity (Wildman–Crippen MR) is 111 cm³/mol. The van der Waals surface area contributed by atoms with Gasteiger partial charge in [-0.25, -0.2) is 4.98 Å². The van der Waals surface area contributed by atoms with E-state index >= 15 is 0 Å². The van der Waals surface area contributed by atoms with Crippen molar-refractivity contribution < 1.29 is 28.2 Å². The van der Waals surface area contributed by atoms with Crippen molar-refractivity contribution in [3.8, 4) is 6.01 Å². The first-order valence-corrected chi connectivity index (χ1v) is 11.6. The third-order valence-electron chi connectivity index (χ3n) is 4.11. The third-order valence-corrected chi connectivity index (χ3v) is 6.45. The van der Waals surface area contributed by atoms with Crippen molar-refractivity contribution in [1.29, 1.82) is 0 Å². The number of hydrogen-bond acceptors (Lipinski definition) is 9. The SMILES string of the molecule is CCC(C)OP(=O)(O)C(C)OCCn1c(Br)nc2c(N)nc(OCCOC)nc21. The van der Waals surface area contributed by atoms with Crippen LogP contribution >= 0.6 is 23.5 Å². The van der Waals surface area contributed by atoms with Crippen LogP contribution in [-0.4, -0.2) is 63.3 Å². The highest BCUT2D eigenvalue weighted by Gasteiger charge is 2.31. The average Bonchev–Trinajstić information content (AvgIpc) is 2.98. The largest absolute Gasteiger partial charge is 0.461 e. The molecule has 3 unspecified atom stereocenters. The minimum Gasteiger partial charge on any atom is -0.461 e. The summed E-state index contributed by atoms with van der Waals surface area (Å²) in [5.41, 5.74) is 6.83. The molecule has 0 aliphatic carbocycles. The zero-order valence-electron chi connectivity index (χ0n) is 16.9. The van der Waals surface area contributed by atoms with Crippen molar-refractivity contribution >= 4 is 40.5 Å². The zero-order chi connectivity index (χ0) is 21.6. The van der Waals surface area contributed by atoms with E-state index in [-0.39, 0.29) is 31.1 Å². The second-order valence-corrected chi connectivity index (χ2v) is 9.07. The van der Waals surface area contributed by atoms with Crippen LogP contribution in [-0.2, 0) is 25.1 Å². The van der Waals surface area contributed by atoms with Gasteiger partial charge in [-0.15, -0.1) is 0 Å². The molecule has 2 rings (SSSR count). The van der Waals surface area contributed by atoms with Gasteiger partial charge in [-0.3, -0.25) is 4.57 Å². The standard InChI is InChI=1S/C16H27BrN5O6P/c1-5-10(2)28-29(23,24)11(3)26-7-6-22-14-12(19-15(22)17)13(18)20-16(21-14)27-9-8-25-4/h10-11H,5-9H2,1-4H3,(H,23,24)(H2,18,20,21). The lowest BCUT2D eigenvalue weighted by Crippen LogP contribution is -2.18. The number of imidazole rings is 1. The second kappa shape index (κ2) is 10.6. The maximum Gasteiger partial charge on any atom is 0.356 e. The summed E-state index contributed by atoms with van der Waals surface area (Å²) in [6.45, 7) is 6.21. The number of hydrogen-bond donors (Lipinski definition) is 2. The Morgan fingerprint density at radius 1 is 1.24 bits per heavy atom. The van der Waals surface area contributed by atoms with Gasteiger partial charge in [0.25, 0.3) is 0 Å². The number of nitrogens with two attached hydrogens (primary N) is 1. The van der Waals surface area contributed by atoms with Crippen LogP contribution in [0, 0.1) is 0 Å². The second-order valence-electron chi connectivity index (χ2n) is 6.30. The van der Waals surface area contributed by atoms with E-state index in [1.165, 1.54) is 6.92 Å². The molecule has 29 heavy (non-hydrogen) atoms. The zero-order valence-corrected chi connectivity index (χ0v) is 19.4. The van der Waals surface area contributed by atoms with Gasteiger partial charge in [0.15, 0.2) is 27.6 Å². The number of fused-ring (bicyclic) bond motifs is 1. The summed E-state index contributed by atoms with van der Waals surface area (Å²) in [6, 6.07) is 0.108. The lowest BCUT2D eigenvalue weighted by atomic mass is 10.3. The van der Waals surface area contributed by atoms with Crippen LogP contribution in [0.15, 0.2) is 4.73 Å². The van der Waals surface area contributed by atoms with Gasteiger partial charge in [-0.1, -0.05) is 6.92 Å². The van der Waals surface area contributed by atoms with Gasteiger partial charge in [-0.05, 0) is 36.2 Å². The van der Waals surface area contributed by atoms with E-state index in [4.69, 9.17) is 24.5 Å². The third kappa shape index (κ3) is 6.34. The molecule has 3 N–H and O–H groups in total. The number of nitrogens with zero attached hydrogens (tertiary/aromatic N) is 4. The van der Waals surface area contributed by atoms with Crippen LogP contribution in [0.1, 0.15) is 27.2 Å². The molecule has 0 saturated carbocycles. The van der Waals surface area contributed by atoms with Gasteiger partial charge in [0, 0.05) is 7.11 Å². The summed E-state index contributed by atoms with van der Waals surface area (Å²) in [4.78, 5) is 22.8. The molecule has 164 valence electrons. The Morgan fingerprint density at radius 2 is 1.97 bits per heavy atom. The Hall–Kier alpha value is -1.30. The van der Waals surface area contributed by atoms with E-state index in [0.29, 0.717) is 35.5 Å². The monoisotopic (exact) mass is 495 g/mol. The lowest BCUT2D eigenvalue weighted by molar-refractivity contribution is 0.0730. The summed E-state index contributed by atoms with van der Waals surface area (Å²) in [7, 11) is -2.33. The van der Waals surface area contributed by atoms with Crippen molar-refractivity contribution in [2.24, 2.45) is 0 Å². The molecule has 0 aliphatic rings. The van der Waals surface area contributed by atoms with Crippen molar-refractivity contribution in [3.05, 3.63) is 4.73 Å². The Labute approximate surface area is 177 Å². The number of aromatic nitrogens is 4. The van der Waals surface area contributed by atoms with E-state index in [2.05, 4.69) is 30.9 Å². The minimum atomic E-state index is -3.89. The van der Waals surface area contributed by atoms with E-state index in [9.17, 15) is 9.46 Å². The van der Waals surface area contributed by atoms with Gasteiger partial charge >= 0.3 is 13.6 Å². The topological polar surface area (TPSA) is 144 Å². The average molecular weight is 496 g/mol. The smallest absolute Gasteiger partial charge is 0.356 e. The van der Waals surface area contributed by atoms with Gasteiger partial charge in [0.1, 0.15) is 6.61 Å². The molecule has 3 atom stereocenters. The quantitative estimate of drug-likeness (QED) is 0.256. The van der Waals surface area contributed by atoms with Crippen LogP contribution in [0.25, 0.3) is 11.2 Å². The molecule has 0 aliphatic heterocycles. The molecular formula is C16H27BrN5O6P. The first-order chi connectivity index (χ1) is 13.7. The maximum absolute atomic E-state index is 12.3. The Morgan fingerprint density at radius 3 is 2.62 bits per heavy atom. The summed E-state index contributed by atoms with van der Waals surface area (Å²) >= 11 is 3.36. The highest BCUT2D eigenvalue weighted by atomic mass is 79.9. The fourth-order valence-corrected chi connectivity index (χ4v) is 3.93. The summed E-state index contributed by atoms with van der Waals surface area (Å²) in [5, 5.41) is 0. The highest BCUT2D eigenvalue weighted by Crippen LogP contribution is 2.49. The normalized spacial score (nSPS) is 15.9. The molecule has 0 radical (unpaired) electrons. The van der Waals surface area contributed by atoms with E-state index < -0.39 is 13.4 Å². The van der Waals surface area contributed by atoms with Gasteiger partial charge in [0.2, 0.25) is 0 Å². The number of methoxy groups -OCH3 is 1. The molecule has 11 nitrogen and oxygen atoms in total. The molecule has 2 heterocycles. The van der Waals surface area contributed by atoms with E-state index in [1.54, 1.807) is 18.6 Å². The molecule has 13 heteroatoms. The molecule has 0 fully saturated rings. The summed E-state index contributed by atoms with van der Waals surface area (Å²) in [5.74, 6) is -0.796. The van der Waals surface area contributed by atoms with Crippen molar-refractivity contribution in [2.45, 2.75) is 45.7 Å². The van der Waals surface area contributed by atoms with Crippen molar-refractivity contribution in [2.75, 3.05) is 32.7 Å². The number of anilines is 1. The van der Waals surface area contributed by atoms with Crippen LogP contribution in [0.2, 0.25) is 0 Å².